The molecule has 2 rings (SSSR count). The van der Waals surface area contributed by atoms with Gasteiger partial charge in [-0.1, -0.05) is 6.07 Å². The second-order valence-corrected chi connectivity index (χ2v) is 5.23. The van der Waals surface area contributed by atoms with Gasteiger partial charge in [-0.3, -0.25) is 14.9 Å². The molecular formula is C12H11N3O4S. The zero-order valence-corrected chi connectivity index (χ0v) is 11.5. The van der Waals surface area contributed by atoms with Crippen molar-refractivity contribution in [2.75, 3.05) is 5.32 Å². The van der Waals surface area contributed by atoms with Crippen molar-refractivity contribution in [2.45, 2.75) is 13.8 Å². The number of anilines is 1. The Morgan fingerprint density at radius 2 is 2.15 bits per heavy atom. The summed E-state index contributed by atoms with van der Waals surface area (Å²) < 4.78 is 0. The van der Waals surface area contributed by atoms with Crippen LogP contribution in [0.4, 0.5) is 11.4 Å². The van der Waals surface area contributed by atoms with E-state index in [4.69, 9.17) is 0 Å². The zero-order chi connectivity index (χ0) is 14.9. The van der Waals surface area contributed by atoms with E-state index in [2.05, 4.69) is 10.3 Å². The second-order valence-electron chi connectivity index (χ2n) is 4.03. The Morgan fingerprint density at radius 1 is 1.45 bits per heavy atom. The summed E-state index contributed by atoms with van der Waals surface area (Å²) in [5, 5.41) is 23.7. The van der Waals surface area contributed by atoms with Gasteiger partial charge >= 0.3 is 0 Å². The lowest BCUT2D eigenvalue weighted by molar-refractivity contribution is -0.384. The molecule has 0 spiro atoms. The number of nitro benzene ring substituents is 1. The maximum Gasteiger partial charge on any atom is 0.296 e. The first-order chi connectivity index (χ1) is 9.40. The molecule has 1 amide bonds. The highest BCUT2D eigenvalue weighted by Crippen LogP contribution is 2.33. The summed E-state index contributed by atoms with van der Waals surface area (Å²) in [6.07, 6.45) is 0. The third-order valence-electron chi connectivity index (χ3n) is 2.57. The molecule has 0 bridgehead atoms. The first-order valence-electron chi connectivity index (χ1n) is 5.62. The van der Waals surface area contributed by atoms with E-state index < -0.39 is 10.8 Å². The molecule has 7 nitrogen and oxygen atoms in total. The summed E-state index contributed by atoms with van der Waals surface area (Å²) in [6.45, 7) is 3.44. The number of aromatic nitrogens is 1. The van der Waals surface area contributed by atoms with E-state index in [0.29, 0.717) is 10.6 Å². The molecule has 20 heavy (non-hydrogen) atoms. The molecule has 8 heteroatoms. The number of aromatic hydroxyl groups is 1. The highest BCUT2D eigenvalue weighted by molar-refractivity contribution is 7.13. The monoisotopic (exact) mass is 293 g/mol. The first kappa shape index (κ1) is 13.9. The average Bonchev–Trinajstić information content (AvgIpc) is 2.70. The minimum Gasteiger partial charge on any atom is -0.505 e. The van der Waals surface area contributed by atoms with Crippen LogP contribution in [0, 0.1) is 24.0 Å². The number of aryl methyl sites for hydroxylation is 2. The molecule has 2 aromatic rings. The molecule has 0 fully saturated rings. The lowest BCUT2D eigenvalue weighted by atomic mass is 10.2. The number of para-hydroxylation sites is 1. The summed E-state index contributed by atoms with van der Waals surface area (Å²) in [7, 11) is 0. The van der Waals surface area contributed by atoms with Gasteiger partial charge in [0.2, 0.25) is 0 Å². The number of benzene rings is 1. The molecule has 0 saturated heterocycles. The number of hydrogen-bond acceptors (Lipinski definition) is 6. The van der Waals surface area contributed by atoms with E-state index in [1.807, 2.05) is 0 Å². The van der Waals surface area contributed by atoms with Crippen molar-refractivity contribution in [3.8, 4) is 5.75 Å². The van der Waals surface area contributed by atoms with Crippen molar-refractivity contribution < 1.29 is 14.8 Å². The highest BCUT2D eigenvalue weighted by atomic mass is 32.1. The minimum absolute atomic E-state index is 0.215. The maximum absolute atomic E-state index is 12.1. The average molecular weight is 293 g/mol. The van der Waals surface area contributed by atoms with Crippen LogP contribution in [0.1, 0.15) is 20.4 Å². The van der Waals surface area contributed by atoms with E-state index in [9.17, 15) is 20.0 Å². The normalized spacial score (nSPS) is 10.3. The number of amides is 1. The number of phenolic OH excluding ortho intramolecular Hbond substituents is 1. The van der Waals surface area contributed by atoms with Gasteiger partial charge in [-0.25, -0.2) is 4.98 Å². The van der Waals surface area contributed by atoms with E-state index in [-0.39, 0.29) is 17.1 Å². The summed E-state index contributed by atoms with van der Waals surface area (Å²) in [5.41, 5.74) is -0.0340. The Labute approximate surface area is 118 Å². The van der Waals surface area contributed by atoms with Crippen LogP contribution in [0.3, 0.4) is 0 Å². The molecule has 2 N–H and O–H groups in total. The SMILES string of the molecule is Cc1nc(C)c(C(=O)Nc2c(O)cccc2[N+](=O)[O-])s1. The van der Waals surface area contributed by atoms with E-state index in [1.165, 1.54) is 29.5 Å². The third kappa shape index (κ3) is 2.59. The number of rotatable bonds is 3. The Kier molecular flexibility index (Phi) is 3.66. The second kappa shape index (κ2) is 5.25. The van der Waals surface area contributed by atoms with E-state index >= 15 is 0 Å². The molecule has 1 aromatic heterocycles. The van der Waals surface area contributed by atoms with Crippen LogP contribution in [-0.2, 0) is 0 Å². The van der Waals surface area contributed by atoms with Crippen molar-refractivity contribution in [3.63, 3.8) is 0 Å². The molecule has 0 aliphatic rings. The topological polar surface area (TPSA) is 105 Å². The number of phenols is 1. The summed E-state index contributed by atoms with van der Waals surface area (Å²) >= 11 is 1.19. The molecule has 1 heterocycles. The number of hydrogen-bond donors (Lipinski definition) is 2. The molecular weight excluding hydrogens is 282 g/mol. The Morgan fingerprint density at radius 3 is 2.70 bits per heavy atom. The van der Waals surface area contributed by atoms with Gasteiger partial charge in [0.25, 0.3) is 11.6 Å². The molecule has 0 aliphatic heterocycles. The van der Waals surface area contributed by atoms with E-state index in [1.54, 1.807) is 13.8 Å². The fourth-order valence-electron chi connectivity index (χ4n) is 1.72. The number of thiazole rings is 1. The fourth-order valence-corrected chi connectivity index (χ4v) is 2.54. The summed E-state index contributed by atoms with van der Waals surface area (Å²) in [4.78, 5) is 26.8. The number of nitrogens with one attached hydrogen (secondary N) is 1. The van der Waals surface area contributed by atoms with Gasteiger partial charge in [-0.2, -0.15) is 0 Å². The Balaban J connectivity index is 2.37. The maximum atomic E-state index is 12.1. The van der Waals surface area contributed by atoms with Gasteiger partial charge in [0.1, 0.15) is 10.6 Å². The number of nitrogens with zero attached hydrogens (tertiary/aromatic N) is 2. The molecule has 0 unspecified atom stereocenters. The third-order valence-corrected chi connectivity index (χ3v) is 3.64. The molecule has 1 aromatic carbocycles. The van der Waals surface area contributed by atoms with Crippen molar-refractivity contribution >= 4 is 28.6 Å². The Hall–Kier alpha value is -2.48. The summed E-state index contributed by atoms with van der Waals surface area (Å²) in [6, 6.07) is 3.82. The Bertz CT molecular complexity index is 696. The van der Waals surface area contributed by atoms with Gasteiger partial charge in [-0.05, 0) is 19.9 Å². The van der Waals surface area contributed by atoms with Gasteiger partial charge < -0.3 is 10.4 Å². The predicted molar refractivity (Wildman–Crippen MR) is 74.3 cm³/mol. The quantitative estimate of drug-likeness (QED) is 0.514. The van der Waals surface area contributed by atoms with Crippen molar-refractivity contribution in [2.24, 2.45) is 0 Å². The van der Waals surface area contributed by atoms with Gasteiger partial charge in [-0.15, -0.1) is 11.3 Å². The summed E-state index contributed by atoms with van der Waals surface area (Å²) in [5.74, 6) is -0.885. The van der Waals surface area contributed by atoms with Crippen LogP contribution < -0.4 is 5.32 Å². The van der Waals surface area contributed by atoms with Crippen LogP contribution >= 0.6 is 11.3 Å². The standard InChI is InChI=1S/C12H11N3O4S/c1-6-11(20-7(2)13-6)12(17)14-10-8(15(18)19)4-3-5-9(10)16/h3-5,16H,1-2H3,(H,14,17). The molecule has 0 saturated carbocycles. The van der Waals surface area contributed by atoms with Gasteiger partial charge in [0.15, 0.2) is 5.69 Å². The minimum atomic E-state index is -0.667. The zero-order valence-electron chi connectivity index (χ0n) is 10.7. The number of nitro groups is 1. The van der Waals surface area contributed by atoms with Crippen LogP contribution in [0.15, 0.2) is 18.2 Å². The van der Waals surface area contributed by atoms with Crippen LogP contribution in [0.5, 0.6) is 5.75 Å². The van der Waals surface area contributed by atoms with Gasteiger partial charge in [0, 0.05) is 6.07 Å². The largest absolute Gasteiger partial charge is 0.505 e. The van der Waals surface area contributed by atoms with Crippen LogP contribution in [-0.4, -0.2) is 20.9 Å². The van der Waals surface area contributed by atoms with E-state index in [0.717, 1.165) is 5.01 Å². The van der Waals surface area contributed by atoms with Crippen molar-refractivity contribution in [1.29, 1.82) is 0 Å². The van der Waals surface area contributed by atoms with Gasteiger partial charge in [0.05, 0.1) is 15.6 Å². The lowest BCUT2D eigenvalue weighted by Crippen LogP contribution is -2.13. The molecule has 0 atom stereocenters. The number of carbonyl (C=O) groups is 1. The first-order valence-corrected chi connectivity index (χ1v) is 6.43. The highest BCUT2D eigenvalue weighted by Gasteiger charge is 2.22. The molecule has 104 valence electrons. The predicted octanol–water partition coefficient (Wildman–Crippen LogP) is 2.63. The van der Waals surface area contributed by atoms with Crippen molar-refractivity contribution in [3.05, 3.63) is 43.9 Å². The smallest absolute Gasteiger partial charge is 0.296 e. The fraction of sp³-hybridized carbons (Fsp3) is 0.167. The molecule has 0 aliphatic carbocycles. The van der Waals surface area contributed by atoms with Crippen molar-refractivity contribution in [1.82, 2.24) is 4.98 Å². The molecule has 0 radical (unpaired) electrons. The van der Waals surface area contributed by atoms with Crippen LogP contribution in [0.25, 0.3) is 0 Å². The lowest BCUT2D eigenvalue weighted by Gasteiger charge is -2.06. The number of carbonyl (C=O) groups excluding carboxylic acids is 1. The van der Waals surface area contributed by atoms with Crippen LogP contribution in [0.2, 0.25) is 0 Å².